The van der Waals surface area contributed by atoms with Crippen molar-refractivity contribution >= 4 is 11.6 Å². The molecule has 0 radical (unpaired) electrons. The fourth-order valence-electron chi connectivity index (χ4n) is 3.67. The molecule has 2 aliphatic heterocycles. The van der Waals surface area contributed by atoms with Gasteiger partial charge in [0.15, 0.2) is 11.5 Å². The molecule has 8 heteroatoms. The first-order valence-corrected chi connectivity index (χ1v) is 9.68. The Morgan fingerprint density at radius 2 is 1.79 bits per heavy atom. The number of benzene rings is 1. The van der Waals surface area contributed by atoms with Gasteiger partial charge in [0, 0.05) is 41.5 Å². The number of ether oxygens (including phenoxy) is 2. The van der Waals surface area contributed by atoms with Crippen LogP contribution in [-0.4, -0.2) is 40.0 Å². The van der Waals surface area contributed by atoms with Crippen molar-refractivity contribution in [3.63, 3.8) is 0 Å². The topological polar surface area (TPSA) is 73.5 Å². The molecule has 7 nitrogen and oxygen atoms in total. The van der Waals surface area contributed by atoms with Gasteiger partial charge >= 0.3 is 0 Å². The highest BCUT2D eigenvalue weighted by Crippen LogP contribution is 2.38. The van der Waals surface area contributed by atoms with Crippen LogP contribution in [0.2, 0.25) is 5.02 Å². The molecule has 0 N–H and O–H groups in total. The fraction of sp³-hybridized carbons (Fsp3) is 0.350. The maximum absolute atomic E-state index is 6.41. The first kappa shape index (κ1) is 17.5. The number of fused-ring (bicyclic) bond motifs is 1. The number of aromatic nitrogens is 3. The molecular formula is C20H19ClN4O3. The Morgan fingerprint density at radius 1 is 1.04 bits per heavy atom. The molecule has 144 valence electrons. The molecule has 0 spiro atoms. The quantitative estimate of drug-likeness (QED) is 0.659. The monoisotopic (exact) mass is 398 g/mol. The predicted octanol–water partition coefficient (Wildman–Crippen LogP) is 3.89. The number of pyridine rings is 1. The number of halogens is 1. The van der Waals surface area contributed by atoms with Gasteiger partial charge in [0.2, 0.25) is 18.6 Å². The van der Waals surface area contributed by atoms with Crippen molar-refractivity contribution in [1.82, 2.24) is 20.1 Å². The number of piperidine rings is 1. The maximum atomic E-state index is 6.41. The van der Waals surface area contributed by atoms with E-state index >= 15 is 0 Å². The van der Waals surface area contributed by atoms with Gasteiger partial charge in [-0.25, -0.2) is 0 Å². The molecule has 0 saturated carbocycles. The van der Waals surface area contributed by atoms with Crippen molar-refractivity contribution in [2.24, 2.45) is 0 Å². The molecular weight excluding hydrogens is 380 g/mol. The van der Waals surface area contributed by atoms with Gasteiger partial charge in [-0.05, 0) is 49.7 Å². The summed E-state index contributed by atoms with van der Waals surface area (Å²) in [6, 6.07) is 7.56. The normalized spacial score (nSPS) is 17.2. The van der Waals surface area contributed by atoms with Crippen molar-refractivity contribution in [2.45, 2.75) is 25.3 Å². The summed E-state index contributed by atoms with van der Waals surface area (Å²) in [5, 5.41) is 9.18. The van der Waals surface area contributed by atoms with Crippen molar-refractivity contribution in [3.8, 4) is 23.0 Å². The third kappa shape index (κ3) is 3.43. The summed E-state index contributed by atoms with van der Waals surface area (Å²) in [7, 11) is 0. The van der Waals surface area contributed by atoms with Crippen molar-refractivity contribution in [2.75, 3.05) is 19.9 Å². The highest BCUT2D eigenvalue weighted by Gasteiger charge is 2.26. The van der Waals surface area contributed by atoms with E-state index in [4.69, 9.17) is 25.5 Å². The van der Waals surface area contributed by atoms with E-state index in [1.807, 2.05) is 24.3 Å². The van der Waals surface area contributed by atoms with Crippen LogP contribution in [0.15, 0.2) is 41.1 Å². The molecule has 0 bridgehead atoms. The Bertz CT molecular complexity index is 971. The molecule has 3 aromatic rings. The van der Waals surface area contributed by atoms with E-state index in [2.05, 4.69) is 20.1 Å². The lowest BCUT2D eigenvalue weighted by Gasteiger charge is -2.30. The second kappa shape index (κ2) is 7.41. The van der Waals surface area contributed by atoms with Crippen molar-refractivity contribution < 1.29 is 13.9 Å². The highest BCUT2D eigenvalue weighted by atomic mass is 35.5. The van der Waals surface area contributed by atoms with Gasteiger partial charge in [-0.2, -0.15) is 0 Å². The van der Waals surface area contributed by atoms with Crippen molar-refractivity contribution in [1.29, 1.82) is 0 Å². The van der Waals surface area contributed by atoms with Crippen LogP contribution in [-0.2, 0) is 6.54 Å². The van der Waals surface area contributed by atoms with Crippen LogP contribution in [0, 0.1) is 0 Å². The summed E-state index contributed by atoms with van der Waals surface area (Å²) >= 11 is 6.41. The van der Waals surface area contributed by atoms with Crippen LogP contribution in [0.4, 0.5) is 0 Å². The number of likely N-dealkylation sites (tertiary alicyclic amines) is 1. The Balaban J connectivity index is 1.22. The Kier molecular flexibility index (Phi) is 4.62. The zero-order valence-electron chi connectivity index (χ0n) is 15.2. The van der Waals surface area contributed by atoms with Gasteiger partial charge in [-0.15, -0.1) is 10.2 Å². The zero-order chi connectivity index (χ0) is 18.9. The summed E-state index contributed by atoms with van der Waals surface area (Å²) in [5.41, 5.74) is 1.95. The molecule has 2 aliphatic rings. The van der Waals surface area contributed by atoms with E-state index in [-0.39, 0.29) is 12.7 Å². The third-order valence-electron chi connectivity index (χ3n) is 5.24. The molecule has 1 saturated heterocycles. The first-order chi connectivity index (χ1) is 13.8. The van der Waals surface area contributed by atoms with E-state index in [1.165, 1.54) is 0 Å². The highest BCUT2D eigenvalue weighted by molar-refractivity contribution is 6.31. The number of hydrogen-bond donors (Lipinski definition) is 0. The minimum Gasteiger partial charge on any atom is -0.454 e. The first-order valence-electron chi connectivity index (χ1n) is 9.30. The van der Waals surface area contributed by atoms with Gasteiger partial charge in [-0.3, -0.25) is 9.88 Å². The van der Waals surface area contributed by atoms with E-state index in [9.17, 15) is 0 Å². The largest absolute Gasteiger partial charge is 0.454 e. The van der Waals surface area contributed by atoms with E-state index < -0.39 is 0 Å². The SMILES string of the molecule is Clc1cc2c(cc1CN1CCC(c3nnc(-c4ccncc4)o3)CC1)OCO2. The van der Waals surface area contributed by atoms with Gasteiger partial charge in [0.25, 0.3) is 0 Å². The van der Waals surface area contributed by atoms with Gasteiger partial charge in [0.05, 0.1) is 0 Å². The maximum Gasteiger partial charge on any atom is 0.247 e. The average molecular weight is 399 g/mol. The molecule has 1 fully saturated rings. The molecule has 0 aliphatic carbocycles. The second-order valence-electron chi connectivity index (χ2n) is 7.03. The lowest BCUT2D eigenvalue weighted by molar-refractivity contribution is 0.173. The van der Waals surface area contributed by atoms with Crippen LogP contribution in [0.5, 0.6) is 11.5 Å². The van der Waals surface area contributed by atoms with Gasteiger partial charge in [-0.1, -0.05) is 11.6 Å². The lowest BCUT2D eigenvalue weighted by Crippen LogP contribution is -2.32. The van der Waals surface area contributed by atoms with Crippen LogP contribution in [0.25, 0.3) is 11.5 Å². The van der Waals surface area contributed by atoms with Gasteiger partial charge in [0.1, 0.15) is 0 Å². The molecule has 28 heavy (non-hydrogen) atoms. The molecule has 4 heterocycles. The third-order valence-corrected chi connectivity index (χ3v) is 5.59. The summed E-state index contributed by atoms with van der Waals surface area (Å²) in [5.74, 6) is 3.03. The number of hydrogen-bond acceptors (Lipinski definition) is 7. The minimum absolute atomic E-state index is 0.256. The van der Waals surface area contributed by atoms with Gasteiger partial charge < -0.3 is 13.9 Å². The Labute approximate surface area is 167 Å². The molecule has 0 unspecified atom stereocenters. The van der Waals surface area contributed by atoms with Crippen LogP contribution in [0.3, 0.4) is 0 Å². The summed E-state index contributed by atoms with van der Waals surface area (Å²) in [6.07, 6.45) is 5.39. The zero-order valence-corrected chi connectivity index (χ0v) is 15.9. The average Bonchev–Trinajstić information content (AvgIpc) is 3.39. The molecule has 0 amide bonds. The number of rotatable bonds is 4. The number of nitrogens with zero attached hydrogens (tertiary/aromatic N) is 4. The molecule has 2 aromatic heterocycles. The van der Waals surface area contributed by atoms with Crippen LogP contribution >= 0.6 is 11.6 Å². The molecule has 5 rings (SSSR count). The standard InChI is InChI=1S/C20H19ClN4O3/c21-16-10-18-17(26-12-27-18)9-15(16)11-25-7-3-14(4-8-25)20-24-23-19(28-20)13-1-5-22-6-2-13/h1-2,5-6,9-10,14H,3-4,7-8,11-12H2. The van der Waals surface area contributed by atoms with Crippen molar-refractivity contribution in [3.05, 3.63) is 53.1 Å². The van der Waals surface area contributed by atoms with E-state index in [0.717, 1.165) is 49.4 Å². The summed E-state index contributed by atoms with van der Waals surface area (Å²) in [4.78, 5) is 6.40. The summed E-state index contributed by atoms with van der Waals surface area (Å²) < 4.78 is 16.8. The fourth-order valence-corrected chi connectivity index (χ4v) is 3.88. The molecule has 1 aromatic carbocycles. The predicted molar refractivity (Wildman–Crippen MR) is 102 cm³/mol. The summed E-state index contributed by atoms with van der Waals surface area (Å²) in [6.45, 7) is 2.94. The Hall–Kier alpha value is -2.64. The minimum atomic E-state index is 0.256. The smallest absolute Gasteiger partial charge is 0.247 e. The second-order valence-corrected chi connectivity index (χ2v) is 7.44. The van der Waals surface area contributed by atoms with Crippen LogP contribution in [0.1, 0.15) is 30.2 Å². The van der Waals surface area contributed by atoms with E-state index in [0.29, 0.717) is 22.6 Å². The molecule has 0 atom stereocenters. The van der Waals surface area contributed by atoms with E-state index in [1.54, 1.807) is 12.4 Å². The Morgan fingerprint density at radius 3 is 2.57 bits per heavy atom. The van der Waals surface area contributed by atoms with Crippen LogP contribution < -0.4 is 9.47 Å². The lowest BCUT2D eigenvalue weighted by atomic mass is 9.96.